The standard InChI is InChI=1S/C20H25ClN2O2/c1-5-22(2)19(15-9-7-6-8-10-15)20(24)23(3)14-16-13-17(21)11-12-18(16)25-4/h6-13,19H,5,14H2,1-4H3. The number of carbonyl (C=O) groups is 1. The lowest BCUT2D eigenvalue weighted by molar-refractivity contribution is -0.136. The monoisotopic (exact) mass is 360 g/mol. The molecule has 1 atom stereocenters. The van der Waals surface area contributed by atoms with Gasteiger partial charge >= 0.3 is 0 Å². The third kappa shape index (κ3) is 4.74. The van der Waals surface area contributed by atoms with Crippen LogP contribution in [0.5, 0.6) is 5.75 Å². The fourth-order valence-corrected chi connectivity index (χ4v) is 3.01. The van der Waals surface area contributed by atoms with Crippen LogP contribution in [0.25, 0.3) is 0 Å². The second-order valence-electron chi connectivity index (χ2n) is 6.04. The molecule has 2 aromatic carbocycles. The van der Waals surface area contributed by atoms with Crippen LogP contribution in [0.2, 0.25) is 5.02 Å². The van der Waals surface area contributed by atoms with E-state index in [1.165, 1.54) is 0 Å². The molecule has 5 heteroatoms. The number of hydrogen-bond acceptors (Lipinski definition) is 3. The summed E-state index contributed by atoms with van der Waals surface area (Å²) in [6.45, 7) is 3.26. The second kappa shape index (κ2) is 8.88. The molecule has 0 saturated carbocycles. The Morgan fingerprint density at radius 2 is 1.84 bits per heavy atom. The van der Waals surface area contributed by atoms with Crippen LogP contribution in [0.15, 0.2) is 48.5 Å². The Morgan fingerprint density at radius 1 is 1.16 bits per heavy atom. The SMILES string of the molecule is CCN(C)C(C(=O)N(C)Cc1cc(Cl)ccc1OC)c1ccccc1. The lowest BCUT2D eigenvalue weighted by Gasteiger charge is -2.30. The molecule has 1 unspecified atom stereocenters. The van der Waals surface area contributed by atoms with E-state index in [-0.39, 0.29) is 11.9 Å². The maximum absolute atomic E-state index is 13.1. The molecule has 0 fully saturated rings. The number of benzene rings is 2. The fourth-order valence-electron chi connectivity index (χ4n) is 2.82. The molecule has 0 N–H and O–H groups in total. The van der Waals surface area contributed by atoms with Gasteiger partial charge < -0.3 is 9.64 Å². The lowest BCUT2D eigenvalue weighted by Crippen LogP contribution is -2.39. The number of carbonyl (C=O) groups excluding carboxylic acids is 1. The summed E-state index contributed by atoms with van der Waals surface area (Å²) in [6, 6.07) is 15.0. The Labute approximate surface area is 155 Å². The number of likely N-dealkylation sites (N-methyl/N-ethyl adjacent to an activating group) is 2. The highest BCUT2D eigenvalue weighted by molar-refractivity contribution is 6.30. The summed E-state index contributed by atoms with van der Waals surface area (Å²) in [4.78, 5) is 16.9. The normalized spacial score (nSPS) is 12.1. The molecule has 134 valence electrons. The molecule has 25 heavy (non-hydrogen) atoms. The smallest absolute Gasteiger partial charge is 0.244 e. The van der Waals surface area contributed by atoms with Crippen molar-refractivity contribution in [2.24, 2.45) is 0 Å². The average molecular weight is 361 g/mol. The van der Waals surface area contributed by atoms with E-state index in [9.17, 15) is 4.79 Å². The Balaban J connectivity index is 2.26. The van der Waals surface area contributed by atoms with Gasteiger partial charge in [0.1, 0.15) is 11.8 Å². The van der Waals surface area contributed by atoms with Crippen molar-refractivity contribution >= 4 is 17.5 Å². The summed E-state index contributed by atoms with van der Waals surface area (Å²) in [5.74, 6) is 0.765. The van der Waals surface area contributed by atoms with E-state index in [1.807, 2.05) is 68.4 Å². The molecule has 2 rings (SSSR count). The van der Waals surface area contributed by atoms with Crippen LogP contribution in [0, 0.1) is 0 Å². The minimum absolute atomic E-state index is 0.0394. The van der Waals surface area contributed by atoms with E-state index in [0.29, 0.717) is 11.6 Å². The van der Waals surface area contributed by atoms with Crippen molar-refractivity contribution in [2.75, 3.05) is 27.7 Å². The Kier molecular flexibility index (Phi) is 6.85. The molecule has 0 aromatic heterocycles. The molecule has 0 aliphatic carbocycles. The number of amides is 1. The van der Waals surface area contributed by atoms with Crippen LogP contribution < -0.4 is 4.74 Å². The van der Waals surface area contributed by atoms with E-state index in [0.717, 1.165) is 23.4 Å². The van der Waals surface area contributed by atoms with Crippen LogP contribution in [0.1, 0.15) is 24.1 Å². The van der Waals surface area contributed by atoms with Crippen LogP contribution in [0.4, 0.5) is 0 Å². The van der Waals surface area contributed by atoms with Gasteiger partial charge in [0, 0.05) is 24.2 Å². The summed E-state index contributed by atoms with van der Waals surface area (Å²) in [7, 11) is 5.39. The Hall–Kier alpha value is -2.04. The largest absolute Gasteiger partial charge is 0.496 e. The summed E-state index contributed by atoms with van der Waals surface area (Å²) >= 11 is 6.10. The highest BCUT2D eigenvalue weighted by Crippen LogP contribution is 2.26. The van der Waals surface area contributed by atoms with Gasteiger partial charge in [0.2, 0.25) is 5.91 Å². The zero-order valence-electron chi connectivity index (χ0n) is 15.2. The maximum Gasteiger partial charge on any atom is 0.244 e. The molecule has 4 nitrogen and oxygen atoms in total. The summed E-state index contributed by atoms with van der Waals surface area (Å²) < 4.78 is 5.39. The molecule has 0 bridgehead atoms. The van der Waals surface area contributed by atoms with Gasteiger partial charge in [-0.05, 0) is 37.4 Å². The van der Waals surface area contributed by atoms with Crippen LogP contribution in [-0.2, 0) is 11.3 Å². The molecular formula is C20H25ClN2O2. The van der Waals surface area contributed by atoms with Crippen molar-refractivity contribution in [3.8, 4) is 5.75 Å². The molecule has 0 aliphatic rings. The zero-order valence-corrected chi connectivity index (χ0v) is 16.0. The molecular weight excluding hydrogens is 336 g/mol. The molecule has 0 spiro atoms. The first-order valence-electron chi connectivity index (χ1n) is 8.30. The second-order valence-corrected chi connectivity index (χ2v) is 6.47. The van der Waals surface area contributed by atoms with Crippen LogP contribution >= 0.6 is 11.6 Å². The highest BCUT2D eigenvalue weighted by Gasteiger charge is 2.27. The van der Waals surface area contributed by atoms with Gasteiger partial charge in [-0.1, -0.05) is 48.9 Å². The van der Waals surface area contributed by atoms with Gasteiger partial charge in [-0.25, -0.2) is 0 Å². The van der Waals surface area contributed by atoms with Gasteiger partial charge in [0.25, 0.3) is 0 Å². The van der Waals surface area contributed by atoms with Crippen LogP contribution in [0.3, 0.4) is 0 Å². The van der Waals surface area contributed by atoms with Gasteiger partial charge in [-0.2, -0.15) is 0 Å². The predicted octanol–water partition coefficient (Wildman–Crippen LogP) is 4.00. The van der Waals surface area contributed by atoms with Crippen LogP contribution in [-0.4, -0.2) is 43.5 Å². The summed E-state index contributed by atoms with van der Waals surface area (Å²) in [5.41, 5.74) is 1.87. The number of methoxy groups -OCH3 is 1. The first-order chi connectivity index (χ1) is 12.0. The van der Waals surface area contributed by atoms with E-state index >= 15 is 0 Å². The van der Waals surface area contributed by atoms with Gasteiger partial charge in [-0.15, -0.1) is 0 Å². The van der Waals surface area contributed by atoms with Crippen molar-refractivity contribution in [3.05, 3.63) is 64.7 Å². The predicted molar refractivity (Wildman–Crippen MR) is 102 cm³/mol. The van der Waals surface area contributed by atoms with Gasteiger partial charge in [0.05, 0.1) is 7.11 Å². The van der Waals surface area contributed by atoms with Crippen molar-refractivity contribution in [1.82, 2.24) is 9.80 Å². The Bertz CT molecular complexity index is 706. The molecule has 1 amide bonds. The topological polar surface area (TPSA) is 32.8 Å². The maximum atomic E-state index is 13.1. The lowest BCUT2D eigenvalue weighted by atomic mass is 10.0. The average Bonchev–Trinajstić information content (AvgIpc) is 2.62. The zero-order chi connectivity index (χ0) is 18.4. The summed E-state index contributed by atoms with van der Waals surface area (Å²) in [5, 5.41) is 0.627. The van der Waals surface area contributed by atoms with Crippen molar-refractivity contribution in [1.29, 1.82) is 0 Å². The van der Waals surface area contributed by atoms with Gasteiger partial charge in [0.15, 0.2) is 0 Å². The molecule has 0 radical (unpaired) electrons. The van der Waals surface area contributed by atoms with E-state index in [1.54, 1.807) is 18.1 Å². The molecule has 2 aromatic rings. The minimum atomic E-state index is -0.318. The van der Waals surface area contributed by atoms with Gasteiger partial charge in [-0.3, -0.25) is 9.69 Å². The third-order valence-corrected chi connectivity index (χ3v) is 4.55. The molecule has 0 aliphatic heterocycles. The van der Waals surface area contributed by atoms with E-state index in [4.69, 9.17) is 16.3 Å². The number of ether oxygens (including phenoxy) is 1. The number of halogens is 1. The third-order valence-electron chi connectivity index (χ3n) is 4.31. The highest BCUT2D eigenvalue weighted by atomic mass is 35.5. The summed E-state index contributed by atoms with van der Waals surface area (Å²) in [6.07, 6.45) is 0. The molecule has 0 heterocycles. The minimum Gasteiger partial charge on any atom is -0.496 e. The van der Waals surface area contributed by atoms with E-state index < -0.39 is 0 Å². The first-order valence-corrected chi connectivity index (χ1v) is 8.68. The van der Waals surface area contributed by atoms with Crippen molar-refractivity contribution in [2.45, 2.75) is 19.5 Å². The number of rotatable bonds is 7. The number of hydrogen-bond donors (Lipinski definition) is 0. The first kappa shape index (κ1) is 19.3. The number of nitrogens with zero attached hydrogens (tertiary/aromatic N) is 2. The van der Waals surface area contributed by atoms with E-state index in [2.05, 4.69) is 0 Å². The Morgan fingerprint density at radius 3 is 2.44 bits per heavy atom. The van der Waals surface area contributed by atoms with Crippen molar-refractivity contribution in [3.63, 3.8) is 0 Å². The van der Waals surface area contributed by atoms with Crippen molar-refractivity contribution < 1.29 is 9.53 Å². The quantitative estimate of drug-likeness (QED) is 0.748. The fraction of sp³-hybridized carbons (Fsp3) is 0.350. The molecule has 0 saturated heterocycles.